The second-order valence-electron chi connectivity index (χ2n) is 3.69. The van der Waals surface area contributed by atoms with Crippen LogP contribution >= 0.6 is 22.5 Å². The third-order valence-corrected chi connectivity index (χ3v) is 4.24. The minimum atomic E-state index is 0.465. The maximum absolute atomic E-state index is 4.25. The van der Waals surface area contributed by atoms with E-state index in [1.165, 1.54) is 29.7 Å². The van der Waals surface area contributed by atoms with E-state index >= 15 is 0 Å². The maximum atomic E-state index is 4.25. The summed E-state index contributed by atoms with van der Waals surface area (Å²) in [6.45, 7) is 3.29. The molecular formula is C11H15NS2. The first-order valence-corrected chi connectivity index (χ1v) is 6.91. The number of anilines is 1. The summed E-state index contributed by atoms with van der Waals surface area (Å²) in [5, 5.41) is 3.91. The van der Waals surface area contributed by atoms with Crippen molar-refractivity contribution in [2.45, 2.75) is 25.0 Å². The van der Waals surface area contributed by atoms with E-state index in [0.29, 0.717) is 5.25 Å². The van der Waals surface area contributed by atoms with Gasteiger partial charge in [0.2, 0.25) is 0 Å². The Bertz CT molecular complexity index is 325. The minimum absolute atomic E-state index is 0.465. The average Bonchev–Trinajstić information content (AvgIpc) is 2.27. The number of aryl methyl sites for hydroxylation is 1. The van der Waals surface area contributed by atoms with Crippen molar-refractivity contribution >= 4 is 28.1 Å². The van der Waals surface area contributed by atoms with Gasteiger partial charge >= 0.3 is 0 Å². The monoisotopic (exact) mass is 225 g/mol. The van der Waals surface area contributed by atoms with E-state index in [4.69, 9.17) is 0 Å². The highest BCUT2D eigenvalue weighted by atomic mass is 33.1. The molecule has 14 heavy (non-hydrogen) atoms. The van der Waals surface area contributed by atoms with Crippen LogP contribution in [0, 0.1) is 0 Å². The van der Waals surface area contributed by atoms with E-state index in [1.807, 2.05) is 0 Å². The van der Waals surface area contributed by atoms with Crippen LogP contribution in [-0.4, -0.2) is 6.54 Å². The van der Waals surface area contributed by atoms with Crippen molar-refractivity contribution in [1.29, 1.82) is 0 Å². The summed E-state index contributed by atoms with van der Waals surface area (Å²) in [5.74, 6) is 0. The van der Waals surface area contributed by atoms with Crippen molar-refractivity contribution in [3.8, 4) is 0 Å². The lowest BCUT2D eigenvalue weighted by Gasteiger charge is -2.19. The lowest BCUT2D eigenvalue weighted by atomic mass is 10.0. The standard InChI is InChI=1S/C11H15NS2/c1-8(14-13)10-5-4-9-3-2-6-12-11(9)7-10/h4-5,7-8,12-13H,2-3,6H2,1H3. The van der Waals surface area contributed by atoms with E-state index in [-0.39, 0.29) is 0 Å². The van der Waals surface area contributed by atoms with Gasteiger partial charge < -0.3 is 5.32 Å². The van der Waals surface area contributed by atoms with Crippen LogP contribution in [0.2, 0.25) is 0 Å². The van der Waals surface area contributed by atoms with Crippen molar-refractivity contribution in [1.82, 2.24) is 0 Å². The lowest BCUT2D eigenvalue weighted by molar-refractivity contribution is 0.828. The Morgan fingerprint density at radius 2 is 2.36 bits per heavy atom. The van der Waals surface area contributed by atoms with Crippen LogP contribution in [-0.2, 0) is 6.42 Å². The average molecular weight is 225 g/mol. The highest BCUT2D eigenvalue weighted by molar-refractivity contribution is 8.68. The second kappa shape index (κ2) is 4.49. The van der Waals surface area contributed by atoms with Gasteiger partial charge in [0.25, 0.3) is 0 Å². The lowest BCUT2D eigenvalue weighted by Crippen LogP contribution is -2.11. The van der Waals surface area contributed by atoms with E-state index < -0.39 is 0 Å². The van der Waals surface area contributed by atoms with E-state index in [1.54, 1.807) is 10.8 Å². The largest absolute Gasteiger partial charge is 0.385 e. The quantitative estimate of drug-likeness (QED) is 0.588. The third-order valence-electron chi connectivity index (χ3n) is 2.70. The number of thiol groups is 1. The Labute approximate surface area is 94.5 Å². The van der Waals surface area contributed by atoms with Crippen molar-refractivity contribution in [2.24, 2.45) is 0 Å². The predicted molar refractivity (Wildman–Crippen MR) is 68.2 cm³/mol. The molecule has 0 amide bonds. The van der Waals surface area contributed by atoms with Gasteiger partial charge in [-0.2, -0.15) is 0 Å². The molecule has 1 atom stereocenters. The highest BCUT2D eigenvalue weighted by Gasteiger charge is 2.11. The summed E-state index contributed by atoms with van der Waals surface area (Å²) >= 11 is 4.25. The number of hydrogen-bond donors (Lipinski definition) is 2. The van der Waals surface area contributed by atoms with E-state index in [0.717, 1.165) is 6.54 Å². The van der Waals surface area contributed by atoms with Crippen molar-refractivity contribution in [2.75, 3.05) is 11.9 Å². The molecule has 1 nitrogen and oxygen atoms in total. The fourth-order valence-corrected chi connectivity index (χ4v) is 2.43. The van der Waals surface area contributed by atoms with Crippen molar-refractivity contribution in [3.63, 3.8) is 0 Å². The number of benzene rings is 1. The molecule has 0 radical (unpaired) electrons. The molecule has 0 bridgehead atoms. The summed E-state index contributed by atoms with van der Waals surface area (Å²) in [6.07, 6.45) is 2.47. The van der Waals surface area contributed by atoms with Gasteiger partial charge in [-0.25, -0.2) is 0 Å². The molecule has 1 aromatic carbocycles. The Morgan fingerprint density at radius 3 is 3.14 bits per heavy atom. The van der Waals surface area contributed by atoms with Gasteiger partial charge in [-0.3, -0.25) is 0 Å². The fourth-order valence-electron chi connectivity index (χ4n) is 1.79. The zero-order valence-electron chi connectivity index (χ0n) is 8.29. The van der Waals surface area contributed by atoms with Crippen LogP contribution in [0.5, 0.6) is 0 Å². The predicted octanol–water partition coefficient (Wildman–Crippen LogP) is 3.68. The topological polar surface area (TPSA) is 12.0 Å². The molecule has 0 saturated heterocycles. The summed E-state index contributed by atoms with van der Waals surface area (Å²) in [6, 6.07) is 6.74. The van der Waals surface area contributed by atoms with Crippen LogP contribution in [0.15, 0.2) is 18.2 Å². The summed E-state index contributed by atoms with van der Waals surface area (Å²) in [5.41, 5.74) is 4.14. The molecule has 1 N–H and O–H groups in total. The maximum Gasteiger partial charge on any atom is 0.0375 e. The third kappa shape index (κ3) is 2.04. The first-order valence-electron chi connectivity index (χ1n) is 4.98. The van der Waals surface area contributed by atoms with Gasteiger partial charge in [-0.05, 0) is 37.0 Å². The smallest absolute Gasteiger partial charge is 0.0375 e. The Hall–Kier alpha value is -0.280. The van der Waals surface area contributed by atoms with Crippen molar-refractivity contribution < 1.29 is 0 Å². The molecule has 0 fully saturated rings. The van der Waals surface area contributed by atoms with Gasteiger partial charge in [-0.1, -0.05) is 22.9 Å². The van der Waals surface area contributed by atoms with Crippen LogP contribution in [0.25, 0.3) is 0 Å². The molecule has 0 aromatic heterocycles. The molecule has 1 heterocycles. The van der Waals surface area contributed by atoms with E-state index in [9.17, 15) is 0 Å². The molecule has 1 unspecified atom stereocenters. The van der Waals surface area contributed by atoms with Gasteiger partial charge in [0, 0.05) is 17.5 Å². The molecule has 0 saturated carbocycles. The summed E-state index contributed by atoms with van der Waals surface area (Å²) < 4.78 is 0. The zero-order valence-corrected chi connectivity index (χ0v) is 10.00. The van der Waals surface area contributed by atoms with Crippen LogP contribution < -0.4 is 5.32 Å². The van der Waals surface area contributed by atoms with Crippen LogP contribution in [0.4, 0.5) is 5.69 Å². The minimum Gasteiger partial charge on any atom is -0.385 e. The van der Waals surface area contributed by atoms with Gasteiger partial charge in [-0.15, -0.1) is 11.7 Å². The van der Waals surface area contributed by atoms with Crippen LogP contribution in [0.1, 0.15) is 29.7 Å². The SMILES string of the molecule is CC(SS)c1ccc2c(c1)NCCC2. The summed E-state index contributed by atoms with van der Waals surface area (Å²) in [4.78, 5) is 0. The van der Waals surface area contributed by atoms with Gasteiger partial charge in [0.15, 0.2) is 0 Å². The Morgan fingerprint density at radius 1 is 1.50 bits per heavy atom. The van der Waals surface area contributed by atoms with Crippen molar-refractivity contribution in [3.05, 3.63) is 29.3 Å². The Kier molecular flexibility index (Phi) is 3.29. The number of nitrogens with one attached hydrogen (secondary N) is 1. The number of rotatable bonds is 2. The van der Waals surface area contributed by atoms with E-state index in [2.05, 4.69) is 42.1 Å². The molecule has 2 rings (SSSR count). The Balaban J connectivity index is 2.29. The molecule has 1 aliphatic rings. The van der Waals surface area contributed by atoms with Gasteiger partial charge in [0.05, 0.1) is 0 Å². The zero-order chi connectivity index (χ0) is 9.97. The highest BCUT2D eigenvalue weighted by Crippen LogP contribution is 2.33. The number of fused-ring (bicyclic) bond motifs is 1. The molecule has 76 valence electrons. The molecule has 3 heteroatoms. The molecule has 1 aromatic rings. The second-order valence-corrected chi connectivity index (χ2v) is 5.24. The van der Waals surface area contributed by atoms with Gasteiger partial charge in [0.1, 0.15) is 0 Å². The fraction of sp³-hybridized carbons (Fsp3) is 0.455. The summed E-state index contributed by atoms with van der Waals surface area (Å²) in [7, 11) is 1.60. The molecule has 0 spiro atoms. The normalized spacial score (nSPS) is 17.0. The number of hydrogen-bond acceptors (Lipinski definition) is 3. The molecule has 1 aliphatic heterocycles. The molecule has 0 aliphatic carbocycles. The first-order chi connectivity index (χ1) is 6.81. The van der Waals surface area contributed by atoms with Crippen LogP contribution in [0.3, 0.4) is 0 Å². The molecular weight excluding hydrogens is 210 g/mol. The first kappa shape index (κ1) is 10.2.